The van der Waals surface area contributed by atoms with Crippen molar-refractivity contribution in [1.29, 1.82) is 0 Å². The molecule has 0 amide bonds. The van der Waals surface area contributed by atoms with Crippen LogP contribution in [0, 0.1) is 5.82 Å². The van der Waals surface area contributed by atoms with Gasteiger partial charge in [-0.1, -0.05) is 0 Å². The second-order valence-electron chi connectivity index (χ2n) is 5.80. The average molecular weight is 373 g/mol. The monoisotopic (exact) mass is 373 g/mol. The highest BCUT2D eigenvalue weighted by Gasteiger charge is 2.32. The average Bonchev–Trinajstić information content (AvgIpc) is 3.01. The molecular weight excluding hydrogens is 357 g/mol. The molecule has 1 aromatic heterocycles. The molecule has 7 nitrogen and oxygen atoms in total. The molecular formula is C14H16FN3O4S2. The molecule has 2 heterocycles. The fourth-order valence-electron chi connectivity index (χ4n) is 2.67. The van der Waals surface area contributed by atoms with Crippen LogP contribution < -0.4 is 4.72 Å². The molecule has 1 N–H and O–H groups in total. The zero-order valence-electron chi connectivity index (χ0n) is 12.8. The summed E-state index contributed by atoms with van der Waals surface area (Å²) in [6.45, 7) is 0. The molecule has 0 saturated carbocycles. The molecule has 0 aliphatic carbocycles. The van der Waals surface area contributed by atoms with E-state index >= 15 is 0 Å². The van der Waals surface area contributed by atoms with E-state index in [4.69, 9.17) is 0 Å². The summed E-state index contributed by atoms with van der Waals surface area (Å²) in [7, 11) is -6.71. The van der Waals surface area contributed by atoms with Crippen LogP contribution in [-0.4, -0.2) is 44.4 Å². The topological polar surface area (TPSA) is 98.1 Å². The lowest BCUT2D eigenvalue weighted by molar-refractivity contribution is 0.507. The summed E-state index contributed by atoms with van der Waals surface area (Å²) in [5.74, 6) is -0.244. The first-order valence-electron chi connectivity index (χ1n) is 7.17. The van der Waals surface area contributed by atoms with E-state index in [1.165, 1.54) is 35.0 Å². The maximum absolute atomic E-state index is 13.1. The van der Waals surface area contributed by atoms with Crippen LogP contribution in [-0.2, 0) is 19.9 Å². The SMILES string of the molecule is CS(=O)(=O)Nc1cc(-c2ccc(F)cc2)nn1[C@@H]1CCS(=O)(=O)C1. The van der Waals surface area contributed by atoms with Gasteiger partial charge in [0.2, 0.25) is 10.0 Å². The minimum Gasteiger partial charge on any atom is -0.268 e. The third kappa shape index (κ3) is 3.75. The van der Waals surface area contributed by atoms with Gasteiger partial charge >= 0.3 is 0 Å². The third-order valence-electron chi connectivity index (χ3n) is 3.72. The van der Waals surface area contributed by atoms with Crippen LogP contribution in [0.25, 0.3) is 11.3 Å². The number of halogens is 1. The molecule has 0 bridgehead atoms. The maximum Gasteiger partial charge on any atom is 0.230 e. The van der Waals surface area contributed by atoms with Gasteiger partial charge in [-0.3, -0.25) is 4.72 Å². The van der Waals surface area contributed by atoms with Crippen molar-refractivity contribution in [2.75, 3.05) is 22.5 Å². The molecule has 24 heavy (non-hydrogen) atoms. The predicted octanol–water partition coefficient (Wildman–Crippen LogP) is 1.42. The number of anilines is 1. The van der Waals surface area contributed by atoms with Crippen LogP contribution in [0.5, 0.6) is 0 Å². The summed E-state index contributed by atoms with van der Waals surface area (Å²) in [6, 6.07) is 6.68. The van der Waals surface area contributed by atoms with Crippen LogP contribution in [0.15, 0.2) is 30.3 Å². The first-order valence-corrected chi connectivity index (χ1v) is 10.9. The molecule has 1 aliphatic heterocycles. The normalized spacial score (nSPS) is 20.2. The molecule has 3 rings (SSSR count). The van der Waals surface area contributed by atoms with E-state index in [1.54, 1.807) is 0 Å². The van der Waals surface area contributed by atoms with E-state index < -0.39 is 31.7 Å². The lowest BCUT2D eigenvalue weighted by Crippen LogP contribution is -2.18. The van der Waals surface area contributed by atoms with E-state index in [9.17, 15) is 21.2 Å². The summed E-state index contributed by atoms with van der Waals surface area (Å²) in [5.41, 5.74) is 1.04. The van der Waals surface area contributed by atoms with Crippen molar-refractivity contribution in [1.82, 2.24) is 9.78 Å². The van der Waals surface area contributed by atoms with E-state index in [0.717, 1.165) is 6.26 Å². The van der Waals surface area contributed by atoms with Gasteiger partial charge in [0.1, 0.15) is 11.6 Å². The highest BCUT2D eigenvalue weighted by Crippen LogP contribution is 2.30. The lowest BCUT2D eigenvalue weighted by Gasteiger charge is -2.13. The lowest BCUT2D eigenvalue weighted by atomic mass is 10.1. The zero-order chi connectivity index (χ0) is 17.5. The molecule has 1 saturated heterocycles. The zero-order valence-corrected chi connectivity index (χ0v) is 14.4. The number of nitrogens with zero attached hydrogens (tertiary/aromatic N) is 2. The van der Waals surface area contributed by atoms with E-state index in [0.29, 0.717) is 17.7 Å². The Morgan fingerprint density at radius 2 is 1.96 bits per heavy atom. The first-order chi connectivity index (χ1) is 11.1. The maximum atomic E-state index is 13.1. The highest BCUT2D eigenvalue weighted by molar-refractivity contribution is 7.92. The van der Waals surface area contributed by atoms with Crippen molar-refractivity contribution in [2.45, 2.75) is 12.5 Å². The number of hydrogen-bond acceptors (Lipinski definition) is 5. The molecule has 0 radical (unpaired) electrons. The standard InChI is InChI=1S/C14H16FN3O4S2/c1-23(19,20)17-14-8-13(10-2-4-11(15)5-3-10)16-18(14)12-6-7-24(21,22)9-12/h2-5,8,12,17H,6-7,9H2,1H3/t12-/m1/s1. The molecule has 130 valence electrons. The van der Waals surface area contributed by atoms with Gasteiger partial charge in [0.25, 0.3) is 0 Å². The number of rotatable bonds is 4. The summed E-state index contributed by atoms with van der Waals surface area (Å²) >= 11 is 0. The van der Waals surface area contributed by atoms with Crippen LogP contribution in [0.4, 0.5) is 10.2 Å². The number of sulfonamides is 1. The van der Waals surface area contributed by atoms with Gasteiger partial charge in [0.15, 0.2) is 9.84 Å². The van der Waals surface area contributed by atoms with Gasteiger partial charge in [-0.25, -0.2) is 25.9 Å². The quantitative estimate of drug-likeness (QED) is 0.874. The van der Waals surface area contributed by atoms with Crippen molar-refractivity contribution >= 4 is 25.7 Å². The Hall–Kier alpha value is -1.94. The van der Waals surface area contributed by atoms with Crippen molar-refractivity contribution in [3.63, 3.8) is 0 Å². The molecule has 0 unspecified atom stereocenters. The van der Waals surface area contributed by atoms with Gasteiger partial charge < -0.3 is 0 Å². The summed E-state index contributed by atoms with van der Waals surface area (Å²) < 4.78 is 63.3. The van der Waals surface area contributed by atoms with Gasteiger partial charge in [0, 0.05) is 11.6 Å². The number of aromatic nitrogens is 2. The van der Waals surface area contributed by atoms with E-state index in [1.807, 2.05) is 0 Å². The second kappa shape index (κ2) is 5.85. The van der Waals surface area contributed by atoms with Crippen LogP contribution in [0.2, 0.25) is 0 Å². The molecule has 0 spiro atoms. The van der Waals surface area contributed by atoms with Crippen molar-refractivity contribution < 1.29 is 21.2 Å². The Bertz CT molecular complexity index is 966. The number of hydrogen-bond donors (Lipinski definition) is 1. The van der Waals surface area contributed by atoms with Crippen molar-refractivity contribution in [3.05, 3.63) is 36.1 Å². The summed E-state index contributed by atoms with van der Waals surface area (Å²) in [6.07, 6.45) is 1.37. The van der Waals surface area contributed by atoms with Crippen LogP contribution >= 0.6 is 0 Å². The second-order valence-corrected chi connectivity index (χ2v) is 9.77. The number of benzene rings is 1. The van der Waals surface area contributed by atoms with Crippen molar-refractivity contribution in [2.24, 2.45) is 0 Å². The predicted molar refractivity (Wildman–Crippen MR) is 88.4 cm³/mol. The highest BCUT2D eigenvalue weighted by atomic mass is 32.2. The Morgan fingerprint density at radius 1 is 1.29 bits per heavy atom. The largest absolute Gasteiger partial charge is 0.268 e. The Morgan fingerprint density at radius 3 is 2.50 bits per heavy atom. The van der Waals surface area contributed by atoms with Crippen molar-refractivity contribution in [3.8, 4) is 11.3 Å². The Kier molecular flexibility index (Phi) is 4.12. The molecule has 2 aromatic rings. The minimum absolute atomic E-state index is 0.0434. The van der Waals surface area contributed by atoms with E-state index in [2.05, 4.69) is 9.82 Å². The third-order valence-corrected chi connectivity index (χ3v) is 6.05. The number of nitrogens with one attached hydrogen (secondary N) is 1. The molecule has 1 atom stereocenters. The fourth-order valence-corrected chi connectivity index (χ4v) is 4.89. The molecule has 1 aliphatic rings. The summed E-state index contributed by atoms with van der Waals surface area (Å²) in [5, 5.41) is 4.34. The van der Waals surface area contributed by atoms with Crippen LogP contribution in [0.1, 0.15) is 12.5 Å². The first kappa shape index (κ1) is 16.9. The van der Waals surface area contributed by atoms with Gasteiger partial charge in [0.05, 0.1) is 29.5 Å². The van der Waals surface area contributed by atoms with Gasteiger partial charge in [-0.05, 0) is 30.7 Å². The number of sulfone groups is 1. The fraction of sp³-hybridized carbons (Fsp3) is 0.357. The molecule has 1 aromatic carbocycles. The van der Waals surface area contributed by atoms with Gasteiger partial charge in [-0.15, -0.1) is 0 Å². The Labute approximate surface area is 139 Å². The Balaban J connectivity index is 2.04. The van der Waals surface area contributed by atoms with E-state index in [-0.39, 0.29) is 17.3 Å². The summed E-state index contributed by atoms with van der Waals surface area (Å²) in [4.78, 5) is 0. The smallest absolute Gasteiger partial charge is 0.230 e. The molecule has 10 heteroatoms. The minimum atomic E-state index is -3.55. The van der Waals surface area contributed by atoms with Gasteiger partial charge in [-0.2, -0.15) is 5.10 Å². The molecule has 1 fully saturated rings. The van der Waals surface area contributed by atoms with Crippen LogP contribution in [0.3, 0.4) is 0 Å².